The van der Waals surface area contributed by atoms with E-state index in [0.717, 1.165) is 44.3 Å². The molecule has 1 aliphatic rings. The summed E-state index contributed by atoms with van der Waals surface area (Å²) < 4.78 is 0. The van der Waals surface area contributed by atoms with Crippen molar-refractivity contribution in [3.8, 4) is 6.07 Å². The van der Waals surface area contributed by atoms with Gasteiger partial charge in [0, 0.05) is 19.5 Å². The highest BCUT2D eigenvalue weighted by Crippen LogP contribution is 2.10. The van der Waals surface area contributed by atoms with Crippen molar-refractivity contribution in [2.75, 3.05) is 13.1 Å². The maximum atomic E-state index is 12.1. The van der Waals surface area contributed by atoms with E-state index >= 15 is 0 Å². The maximum Gasteiger partial charge on any atom is 0.244 e. The number of nitrogens with zero attached hydrogens (tertiary/aromatic N) is 2. The van der Waals surface area contributed by atoms with Crippen LogP contribution < -0.4 is 5.32 Å². The highest BCUT2D eigenvalue weighted by molar-refractivity contribution is 5.87. The molecule has 0 spiro atoms. The van der Waals surface area contributed by atoms with Gasteiger partial charge in [-0.1, -0.05) is 12.1 Å². The molecular weight excluding hydrogens is 290 g/mol. The fourth-order valence-corrected chi connectivity index (χ4v) is 2.79. The van der Waals surface area contributed by atoms with Crippen LogP contribution in [-0.2, 0) is 16.0 Å². The Kier molecular flexibility index (Phi) is 6.16. The molecule has 1 atom stereocenters. The first-order valence-electron chi connectivity index (χ1n) is 8.17. The minimum absolute atomic E-state index is 0.0166. The topological polar surface area (TPSA) is 73.2 Å². The van der Waals surface area contributed by atoms with Crippen LogP contribution in [0.15, 0.2) is 24.3 Å². The first kappa shape index (κ1) is 17.0. The van der Waals surface area contributed by atoms with Crippen LogP contribution in [0.2, 0.25) is 0 Å². The van der Waals surface area contributed by atoms with Crippen LogP contribution in [0, 0.1) is 11.3 Å². The molecule has 2 rings (SSSR count). The Labute approximate surface area is 137 Å². The molecule has 1 heterocycles. The smallest absolute Gasteiger partial charge is 0.244 e. The summed E-state index contributed by atoms with van der Waals surface area (Å²) >= 11 is 0. The van der Waals surface area contributed by atoms with Crippen LogP contribution in [0.3, 0.4) is 0 Å². The lowest BCUT2D eigenvalue weighted by Crippen LogP contribution is -2.45. The summed E-state index contributed by atoms with van der Waals surface area (Å²) in [6.45, 7) is 3.36. The summed E-state index contributed by atoms with van der Waals surface area (Å²) in [5, 5.41) is 11.5. The van der Waals surface area contributed by atoms with Crippen LogP contribution in [-0.4, -0.2) is 35.8 Å². The molecule has 1 fully saturated rings. The quantitative estimate of drug-likeness (QED) is 0.873. The van der Waals surface area contributed by atoms with Gasteiger partial charge in [0.25, 0.3) is 0 Å². The predicted molar refractivity (Wildman–Crippen MR) is 87.5 cm³/mol. The van der Waals surface area contributed by atoms with Gasteiger partial charge in [-0.05, 0) is 50.3 Å². The first-order chi connectivity index (χ1) is 11.1. The van der Waals surface area contributed by atoms with Crippen molar-refractivity contribution in [2.24, 2.45) is 0 Å². The van der Waals surface area contributed by atoms with E-state index in [1.165, 1.54) is 0 Å². The third kappa shape index (κ3) is 5.10. The average Bonchev–Trinajstić information content (AvgIpc) is 3.09. The van der Waals surface area contributed by atoms with Crippen molar-refractivity contribution in [1.82, 2.24) is 10.2 Å². The lowest BCUT2D eigenvalue weighted by molar-refractivity contribution is -0.135. The molecule has 0 aliphatic carbocycles. The monoisotopic (exact) mass is 313 g/mol. The standard InChI is InChI=1S/C18H23N3O2/c1-14(18(23)21-11-2-3-12-21)20-17(22)6-4-5-15-7-9-16(13-19)10-8-15/h7-10,14H,2-6,11-12H2,1H3,(H,20,22). The molecule has 1 saturated heterocycles. The van der Waals surface area contributed by atoms with Crippen molar-refractivity contribution in [1.29, 1.82) is 5.26 Å². The SMILES string of the molecule is CC(NC(=O)CCCc1ccc(C#N)cc1)C(=O)N1CCCC1. The Hall–Kier alpha value is -2.35. The highest BCUT2D eigenvalue weighted by Gasteiger charge is 2.23. The van der Waals surface area contributed by atoms with Gasteiger partial charge < -0.3 is 10.2 Å². The zero-order valence-corrected chi connectivity index (χ0v) is 13.5. The molecule has 5 nitrogen and oxygen atoms in total. The maximum absolute atomic E-state index is 12.1. The second-order valence-electron chi connectivity index (χ2n) is 5.98. The van der Waals surface area contributed by atoms with Crippen molar-refractivity contribution in [3.63, 3.8) is 0 Å². The molecule has 2 amide bonds. The summed E-state index contributed by atoms with van der Waals surface area (Å²) in [5.74, 6) is -0.0679. The van der Waals surface area contributed by atoms with E-state index in [4.69, 9.17) is 5.26 Å². The molecule has 1 aliphatic heterocycles. The molecule has 23 heavy (non-hydrogen) atoms. The van der Waals surface area contributed by atoms with Gasteiger partial charge in [0.1, 0.15) is 6.04 Å². The Morgan fingerprint density at radius 1 is 1.26 bits per heavy atom. The molecule has 1 unspecified atom stereocenters. The third-order valence-corrected chi connectivity index (χ3v) is 4.12. The molecule has 0 aromatic heterocycles. The molecule has 0 radical (unpaired) electrons. The van der Waals surface area contributed by atoms with Crippen molar-refractivity contribution in [2.45, 2.75) is 45.1 Å². The lowest BCUT2D eigenvalue weighted by Gasteiger charge is -2.21. The number of aryl methyl sites for hydroxylation is 1. The minimum Gasteiger partial charge on any atom is -0.345 e. The average molecular weight is 313 g/mol. The van der Waals surface area contributed by atoms with Crippen molar-refractivity contribution < 1.29 is 9.59 Å². The Balaban J connectivity index is 1.69. The molecule has 0 bridgehead atoms. The van der Waals surface area contributed by atoms with Gasteiger partial charge in [-0.3, -0.25) is 9.59 Å². The van der Waals surface area contributed by atoms with Crippen LogP contribution in [0.5, 0.6) is 0 Å². The van der Waals surface area contributed by atoms with Gasteiger partial charge in [0.05, 0.1) is 11.6 Å². The van der Waals surface area contributed by atoms with E-state index in [1.807, 2.05) is 17.0 Å². The van der Waals surface area contributed by atoms with E-state index in [9.17, 15) is 9.59 Å². The number of nitrogens with one attached hydrogen (secondary N) is 1. The van der Waals surface area contributed by atoms with Gasteiger partial charge in [-0.25, -0.2) is 0 Å². The van der Waals surface area contributed by atoms with E-state index in [1.54, 1.807) is 19.1 Å². The van der Waals surface area contributed by atoms with Gasteiger partial charge in [0.15, 0.2) is 0 Å². The van der Waals surface area contributed by atoms with E-state index < -0.39 is 6.04 Å². The molecule has 1 N–H and O–H groups in total. The fourth-order valence-electron chi connectivity index (χ4n) is 2.79. The van der Waals surface area contributed by atoms with Crippen LogP contribution in [0.4, 0.5) is 0 Å². The summed E-state index contributed by atoms with van der Waals surface area (Å²) in [4.78, 5) is 25.9. The second-order valence-corrected chi connectivity index (χ2v) is 5.98. The normalized spacial score (nSPS) is 15.0. The van der Waals surface area contributed by atoms with Crippen molar-refractivity contribution >= 4 is 11.8 Å². The lowest BCUT2D eigenvalue weighted by atomic mass is 10.1. The minimum atomic E-state index is -0.449. The summed E-state index contributed by atoms with van der Waals surface area (Å²) in [6.07, 6.45) is 4.02. The third-order valence-electron chi connectivity index (χ3n) is 4.12. The molecule has 1 aromatic rings. The Bertz CT molecular complexity index is 583. The number of carbonyl (C=O) groups excluding carboxylic acids is 2. The molecule has 5 heteroatoms. The number of hydrogen-bond acceptors (Lipinski definition) is 3. The number of rotatable bonds is 6. The summed E-state index contributed by atoms with van der Waals surface area (Å²) in [6, 6.07) is 9.03. The predicted octanol–water partition coefficient (Wildman–Crippen LogP) is 2.01. The highest BCUT2D eigenvalue weighted by atomic mass is 16.2. The summed E-state index contributed by atoms with van der Waals surface area (Å²) in [7, 11) is 0. The second kappa shape index (κ2) is 8.33. The molecule has 0 saturated carbocycles. The molecule has 122 valence electrons. The number of hydrogen-bond donors (Lipinski definition) is 1. The number of carbonyl (C=O) groups is 2. The zero-order chi connectivity index (χ0) is 16.7. The van der Waals surface area contributed by atoms with Gasteiger partial charge in [0.2, 0.25) is 11.8 Å². The van der Waals surface area contributed by atoms with E-state index in [-0.39, 0.29) is 11.8 Å². The summed E-state index contributed by atoms with van der Waals surface area (Å²) in [5.41, 5.74) is 1.75. The van der Waals surface area contributed by atoms with Crippen LogP contribution in [0.25, 0.3) is 0 Å². The van der Waals surface area contributed by atoms with Gasteiger partial charge >= 0.3 is 0 Å². The van der Waals surface area contributed by atoms with Crippen LogP contribution >= 0.6 is 0 Å². The zero-order valence-electron chi connectivity index (χ0n) is 13.5. The van der Waals surface area contributed by atoms with E-state index in [2.05, 4.69) is 11.4 Å². The number of benzene rings is 1. The van der Waals surface area contributed by atoms with Gasteiger partial charge in [-0.2, -0.15) is 5.26 Å². The number of nitriles is 1. The van der Waals surface area contributed by atoms with E-state index in [0.29, 0.717) is 12.0 Å². The number of likely N-dealkylation sites (tertiary alicyclic amines) is 1. The number of amides is 2. The van der Waals surface area contributed by atoms with Gasteiger partial charge in [-0.15, -0.1) is 0 Å². The Morgan fingerprint density at radius 3 is 2.52 bits per heavy atom. The molecular formula is C18H23N3O2. The Morgan fingerprint density at radius 2 is 1.91 bits per heavy atom. The van der Waals surface area contributed by atoms with Crippen LogP contribution in [0.1, 0.15) is 43.7 Å². The molecule has 1 aromatic carbocycles. The fraction of sp³-hybridized carbons (Fsp3) is 0.500. The largest absolute Gasteiger partial charge is 0.345 e. The van der Waals surface area contributed by atoms with Crippen molar-refractivity contribution in [3.05, 3.63) is 35.4 Å². The first-order valence-corrected chi connectivity index (χ1v) is 8.17.